The Balaban J connectivity index is 1.76. The van der Waals surface area contributed by atoms with Crippen molar-refractivity contribution in [2.24, 2.45) is 0 Å². The van der Waals surface area contributed by atoms with E-state index in [1.807, 2.05) is 43.0 Å². The molecule has 0 aliphatic carbocycles. The molecule has 6 nitrogen and oxygen atoms in total. The van der Waals surface area contributed by atoms with Crippen molar-refractivity contribution in [2.45, 2.75) is 52.5 Å². The largest absolute Gasteiger partial charge is 0.321 e. The molecule has 3 rings (SSSR count). The molecule has 0 unspecified atom stereocenters. The van der Waals surface area contributed by atoms with Gasteiger partial charge in [-0.25, -0.2) is 4.68 Å². The summed E-state index contributed by atoms with van der Waals surface area (Å²) in [6, 6.07) is 12.4. The Hall–Kier alpha value is -2.93. The molecule has 2 aromatic heterocycles. The van der Waals surface area contributed by atoms with Crippen LogP contribution in [0.3, 0.4) is 0 Å². The van der Waals surface area contributed by atoms with E-state index in [2.05, 4.69) is 31.4 Å². The second-order valence-corrected chi connectivity index (χ2v) is 10.2. The summed E-state index contributed by atoms with van der Waals surface area (Å²) in [5.74, 6) is 0.274. The standard InChI is InChI=1S/C23H28N4O2S/c1-22(2,3)18-14-19(27(26-18)23(4,5)6)25-20(28)15-9-11-16(12-10-15)24-21(29)17-8-7-13-30-17/h7-14H,1-6H3,(H,24,29)(H,25,28). The predicted octanol–water partition coefficient (Wildman–Crippen LogP) is 5.50. The molecule has 2 heterocycles. The van der Waals surface area contributed by atoms with Crippen molar-refractivity contribution in [1.29, 1.82) is 0 Å². The minimum Gasteiger partial charge on any atom is -0.321 e. The van der Waals surface area contributed by atoms with Crippen LogP contribution in [0.2, 0.25) is 0 Å². The molecule has 0 saturated carbocycles. The van der Waals surface area contributed by atoms with E-state index >= 15 is 0 Å². The van der Waals surface area contributed by atoms with E-state index in [1.165, 1.54) is 11.3 Å². The molecule has 0 radical (unpaired) electrons. The summed E-state index contributed by atoms with van der Waals surface area (Å²) in [5, 5.41) is 12.4. The summed E-state index contributed by atoms with van der Waals surface area (Å²) in [6.45, 7) is 12.4. The molecule has 2 amide bonds. The van der Waals surface area contributed by atoms with E-state index in [4.69, 9.17) is 5.10 Å². The van der Waals surface area contributed by atoms with Gasteiger partial charge in [-0.15, -0.1) is 11.3 Å². The van der Waals surface area contributed by atoms with E-state index in [1.54, 1.807) is 30.3 Å². The number of hydrogen-bond donors (Lipinski definition) is 2. The minimum absolute atomic E-state index is 0.127. The molecule has 7 heteroatoms. The maximum atomic E-state index is 12.8. The van der Waals surface area contributed by atoms with Gasteiger partial charge in [-0.3, -0.25) is 9.59 Å². The maximum Gasteiger partial charge on any atom is 0.265 e. The van der Waals surface area contributed by atoms with Crippen LogP contribution in [-0.2, 0) is 11.0 Å². The van der Waals surface area contributed by atoms with Gasteiger partial charge < -0.3 is 10.6 Å². The number of nitrogens with zero attached hydrogens (tertiary/aromatic N) is 2. The highest BCUT2D eigenvalue weighted by Crippen LogP contribution is 2.28. The molecule has 0 atom stereocenters. The van der Waals surface area contributed by atoms with Crippen LogP contribution in [0.5, 0.6) is 0 Å². The van der Waals surface area contributed by atoms with Crippen LogP contribution < -0.4 is 10.6 Å². The fourth-order valence-corrected chi connectivity index (χ4v) is 3.46. The lowest BCUT2D eigenvalue weighted by Gasteiger charge is -2.23. The van der Waals surface area contributed by atoms with Crippen LogP contribution in [0.25, 0.3) is 0 Å². The van der Waals surface area contributed by atoms with Crippen molar-refractivity contribution in [3.8, 4) is 0 Å². The van der Waals surface area contributed by atoms with Crippen molar-refractivity contribution < 1.29 is 9.59 Å². The lowest BCUT2D eigenvalue weighted by Crippen LogP contribution is -2.27. The highest BCUT2D eigenvalue weighted by Gasteiger charge is 2.26. The van der Waals surface area contributed by atoms with Gasteiger partial charge in [0.15, 0.2) is 0 Å². The zero-order chi connectivity index (χ0) is 22.1. The number of amides is 2. The number of benzene rings is 1. The lowest BCUT2D eigenvalue weighted by atomic mass is 9.92. The molecule has 0 fully saturated rings. The molecule has 0 aliphatic heterocycles. The normalized spacial score (nSPS) is 11.9. The van der Waals surface area contributed by atoms with E-state index in [-0.39, 0.29) is 22.8 Å². The molecule has 0 saturated heterocycles. The average molecular weight is 425 g/mol. The third-order valence-corrected chi connectivity index (χ3v) is 5.37. The van der Waals surface area contributed by atoms with Crippen LogP contribution in [0.1, 0.15) is 67.3 Å². The first-order chi connectivity index (χ1) is 13.9. The van der Waals surface area contributed by atoms with Crippen molar-refractivity contribution in [3.05, 3.63) is 64.0 Å². The van der Waals surface area contributed by atoms with E-state index in [0.29, 0.717) is 21.9 Å². The number of carbonyl (C=O) groups is 2. The number of nitrogens with one attached hydrogen (secondary N) is 2. The fourth-order valence-electron chi connectivity index (χ4n) is 2.84. The summed E-state index contributed by atoms with van der Waals surface area (Å²) in [4.78, 5) is 25.6. The second kappa shape index (κ2) is 8.07. The number of anilines is 2. The minimum atomic E-state index is -0.276. The van der Waals surface area contributed by atoms with Crippen LogP contribution in [0, 0.1) is 0 Å². The topological polar surface area (TPSA) is 76.0 Å². The highest BCUT2D eigenvalue weighted by atomic mass is 32.1. The van der Waals surface area contributed by atoms with Crippen molar-refractivity contribution >= 4 is 34.7 Å². The zero-order valence-corrected chi connectivity index (χ0v) is 19.1. The van der Waals surface area contributed by atoms with Crippen LogP contribution in [0.4, 0.5) is 11.5 Å². The highest BCUT2D eigenvalue weighted by molar-refractivity contribution is 7.12. The second-order valence-electron chi connectivity index (χ2n) is 9.21. The summed E-state index contributed by atoms with van der Waals surface area (Å²) >= 11 is 1.38. The van der Waals surface area contributed by atoms with Gasteiger partial charge in [0.05, 0.1) is 16.1 Å². The van der Waals surface area contributed by atoms with Gasteiger partial charge in [-0.1, -0.05) is 26.8 Å². The maximum absolute atomic E-state index is 12.8. The molecule has 30 heavy (non-hydrogen) atoms. The summed E-state index contributed by atoms with van der Waals surface area (Å²) < 4.78 is 1.85. The number of rotatable bonds is 4. The van der Waals surface area contributed by atoms with Crippen molar-refractivity contribution in [2.75, 3.05) is 10.6 Å². The number of thiophene rings is 1. The van der Waals surface area contributed by atoms with Gasteiger partial charge in [0.1, 0.15) is 5.82 Å². The molecule has 158 valence electrons. The van der Waals surface area contributed by atoms with Gasteiger partial charge in [-0.05, 0) is 56.5 Å². The summed E-state index contributed by atoms with van der Waals surface area (Å²) in [7, 11) is 0. The van der Waals surface area contributed by atoms with E-state index < -0.39 is 0 Å². The van der Waals surface area contributed by atoms with Gasteiger partial charge in [0, 0.05) is 22.7 Å². The monoisotopic (exact) mass is 424 g/mol. The Morgan fingerprint density at radius 1 is 0.933 bits per heavy atom. The first kappa shape index (κ1) is 21.8. The predicted molar refractivity (Wildman–Crippen MR) is 123 cm³/mol. The van der Waals surface area contributed by atoms with Gasteiger partial charge >= 0.3 is 0 Å². The third-order valence-electron chi connectivity index (χ3n) is 4.50. The van der Waals surface area contributed by atoms with Crippen molar-refractivity contribution in [3.63, 3.8) is 0 Å². The van der Waals surface area contributed by atoms with Gasteiger partial charge in [0.2, 0.25) is 0 Å². The van der Waals surface area contributed by atoms with Crippen LogP contribution in [0.15, 0.2) is 47.8 Å². The molecule has 0 spiro atoms. The average Bonchev–Trinajstić information content (AvgIpc) is 3.31. The molecule has 0 bridgehead atoms. The first-order valence-electron chi connectivity index (χ1n) is 9.82. The first-order valence-corrected chi connectivity index (χ1v) is 10.7. The quantitative estimate of drug-likeness (QED) is 0.580. The molecule has 1 aromatic carbocycles. The van der Waals surface area contributed by atoms with E-state index in [0.717, 1.165) is 5.69 Å². The molecular formula is C23H28N4O2S. The van der Waals surface area contributed by atoms with Gasteiger partial charge in [-0.2, -0.15) is 5.10 Å². The Morgan fingerprint density at radius 3 is 2.13 bits per heavy atom. The van der Waals surface area contributed by atoms with Crippen LogP contribution in [-0.4, -0.2) is 21.6 Å². The number of carbonyl (C=O) groups excluding carboxylic acids is 2. The SMILES string of the molecule is CC(C)(C)c1cc(NC(=O)c2ccc(NC(=O)c3cccs3)cc2)n(C(C)(C)C)n1. The zero-order valence-electron chi connectivity index (χ0n) is 18.2. The third kappa shape index (κ3) is 4.97. The van der Waals surface area contributed by atoms with Crippen molar-refractivity contribution in [1.82, 2.24) is 9.78 Å². The number of hydrogen-bond acceptors (Lipinski definition) is 4. The molecule has 2 N–H and O–H groups in total. The Morgan fingerprint density at radius 2 is 1.60 bits per heavy atom. The van der Waals surface area contributed by atoms with E-state index in [9.17, 15) is 9.59 Å². The molecule has 3 aromatic rings. The molecule has 0 aliphatic rings. The Kier molecular flexibility index (Phi) is 5.85. The fraction of sp³-hybridized carbons (Fsp3) is 0.348. The Bertz CT molecular complexity index is 1040. The van der Waals surface area contributed by atoms with Crippen LogP contribution >= 0.6 is 11.3 Å². The lowest BCUT2D eigenvalue weighted by molar-refractivity contribution is 0.102. The summed E-state index contributed by atoms with van der Waals surface area (Å²) in [5.41, 5.74) is 1.66. The summed E-state index contributed by atoms with van der Waals surface area (Å²) in [6.07, 6.45) is 0. The number of aromatic nitrogens is 2. The Labute approximate surface area is 181 Å². The molecular weight excluding hydrogens is 396 g/mol. The van der Waals surface area contributed by atoms with Gasteiger partial charge in [0.25, 0.3) is 11.8 Å². The smallest absolute Gasteiger partial charge is 0.265 e.